The number of hydrogen-bond acceptors (Lipinski definition) is 6. The summed E-state index contributed by atoms with van der Waals surface area (Å²) < 4.78 is 16.6. The fraction of sp³-hybridized carbons (Fsp3) is 0.310. The third-order valence-electron chi connectivity index (χ3n) is 6.55. The quantitative estimate of drug-likeness (QED) is 0.324. The molecule has 4 rings (SSSR count). The van der Waals surface area contributed by atoms with E-state index in [0.29, 0.717) is 60.5 Å². The van der Waals surface area contributed by atoms with Gasteiger partial charge in [0.1, 0.15) is 5.75 Å². The van der Waals surface area contributed by atoms with Crippen LogP contribution in [-0.4, -0.2) is 68.6 Å². The lowest BCUT2D eigenvalue weighted by Crippen LogP contribution is -2.49. The molecule has 0 unspecified atom stereocenters. The third-order valence-corrected chi connectivity index (χ3v) is 7.18. The Morgan fingerprint density at radius 1 is 0.895 bits per heavy atom. The molecule has 0 aromatic heterocycles. The van der Waals surface area contributed by atoms with Crippen molar-refractivity contribution >= 4 is 35.1 Å². The molecule has 0 radical (unpaired) electrons. The Morgan fingerprint density at radius 2 is 1.55 bits per heavy atom. The predicted octanol–water partition coefficient (Wildman–Crippen LogP) is 5.50. The van der Waals surface area contributed by atoms with Crippen molar-refractivity contribution in [2.24, 2.45) is 0 Å². The summed E-state index contributed by atoms with van der Waals surface area (Å²) in [6, 6.07) is 20.1. The van der Waals surface area contributed by atoms with Crippen LogP contribution in [0.2, 0.25) is 10.0 Å². The van der Waals surface area contributed by atoms with Crippen molar-refractivity contribution < 1.29 is 23.8 Å². The van der Waals surface area contributed by atoms with Crippen LogP contribution >= 0.6 is 23.2 Å². The van der Waals surface area contributed by atoms with Gasteiger partial charge in [-0.1, -0.05) is 53.5 Å². The SMILES string of the molecule is COC(=O)c1ccc(CO[C@H](CN2CCN(C(=O)c3c(Cl)cccc3Cl)CC2)c2cccc(OC)c2)cc1. The zero-order valence-corrected chi connectivity index (χ0v) is 22.9. The first-order chi connectivity index (χ1) is 18.4. The van der Waals surface area contributed by atoms with Gasteiger partial charge in [-0.2, -0.15) is 0 Å². The second-order valence-corrected chi connectivity index (χ2v) is 9.77. The van der Waals surface area contributed by atoms with Gasteiger partial charge < -0.3 is 19.1 Å². The maximum absolute atomic E-state index is 13.1. The van der Waals surface area contributed by atoms with Gasteiger partial charge in [0.15, 0.2) is 0 Å². The van der Waals surface area contributed by atoms with E-state index in [0.717, 1.165) is 16.9 Å². The van der Waals surface area contributed by atoms with E-state index in [1.165, 1.54) is 7.11 Å². The summed E-state index contributed by atoms with van der Waals surface area (Å²) in [6.45, 7) is 3.49. The summed E-state index contributed by atoms with van der Waals surface area (Å²) >= 11 is 12.5. The molecular formula is C29H30Cl2N2O5. The molecule has 7 nitrogen and oxygen atoms in total. The highest BCUT2D eigenvalue weighted by atomic mass is 35.5. The number of esters is 1. The molecule has 1 atom stereocenters. The molecule has 9 heteroatoms. The van der Waals surface area contributed by atoms with Gasteiger partial charge in [0.05, 0.1) is 48.1 Å². The predicted molar refractivity (Wildman–Crippen MR) is 147 cm³/mol. The van der Waals surface area contributed by atoms with Crippen molar-refractivity contribution in [3.05, 3.63) is 99.0 Å². The number of nitrogens with zero attached hydrogens (tertiary/aromatic N) is 2. The van der Waals surface area contributed by atoms with E-state index in [1.54, 1.807) is 42.3 Å². The van der Waals surface area contributed by atoms with Gasteiger partial charge in [-0.3, -0.25) is 9.69 Å². The summed E-state index contributed by atoms with van der Waals surface area (Å²) in [5.41, 5.74) is 2.78. The minimum atomic E-state index is -0.374. The van der Waals surface area contributed by atoms with Crippen molar-refractivity contribution in [1.29, 1.82) is 0 Å². The zero-order valence-electron chi connectivity index (χ0n) is 21.4. The van der Waals surface area contributed by atoms with Crippen LogP contribution in [0.4, 0.5) is 0 Å². The maximum Gasteiger partial charge on any atom is 0.337 e. The number of piperazine rings is 1. The number of ether oxygens (including phenoxy) is 3. The lowest BCUT2D eigenvalue weighted by atomic mass is 10.1. The van der Waals surface area contributed by atoms with E-state index in [2.05, 4.69) is 4.90 Å². The molecule has 0 saturated carbocycles. The Bertz CT molecular complexity index is 1240. The van der Waals surface area contributed by atoms with E-state index in [1.807, 2.05) is 36.4 Å². The van der Waals surface area contributed by atoms with Crippen LogP contribution in [0.15, 0.2) is 66.7 Å². The minimum Gasteiger partial charge on any atom is -0.497 e. The molecule has 0 spiro atoms. The van der Waals surface area contributed by atoms with Gasteiger partial charge in [-0.15, -0.1) is 0 Å². The maximum atomic E-state index is 13.1. The van der Waals surface area contributed by atoms with Gasteiger partial charge in [0, 0.05) is 32.7 Å². The summed E-state index contributed by atoms with van der Waals surface area (Å²) in [7, 11) is 3.00. The second kappa shape index (κ2) is 13.1. The Kier molecular flexibility index (Phi) is 9.63. The summed E-state index contributed by atoms with van der Waals surface area (Å²) in [5.74, 6) is 0.225. The highest BCUT2D eigenvalue weighted by Crippen LogP contribution is 2.28. The van der Waals surface area contributed by atoms with Crippen LogP contribution in [0.3, 0.4) is 0 Å². The Labute approximate surface area is 232 Å². The van der Waals surface area contributed by atoms with Gasteiger partial charge in [-0.25, -0.2) is 4.79 Å². The Balaban J connectivity index is 1.42. The third kappa shape index (κ3) is 6.85. The first kappa shape index (κ1) is 27.9. The lowest BCUT2D eigenvalue weighted by molar-refractivity contribution is 0.00332. The largest absolute Gasteiger partial charge is 0.497 e. The molecule has 0 N–H and O–H groups in total. The fourth-order valence-corrected chi connectivity index (χ4v) is 4.94. The van der Waals surface area contributed by atoms with Crippen molar-refractivity contribution in [2.75, 3.05) is 46.9 Å². The molecule has 1 heterocycles. The highest BCUT2D eigenvalue weighted by molar-refractivity contribution is 6.39. The molecule has 38 heavy (non-hydrogen) atoms. The average molecular weight is 557 g/mol. The van der Waals surface area contributed by atoms with Crippen LogP contribution in [0.25, 0.3) is 0 Å². The first-order valence-corrected chi connectivity index (χ1v) is 13.0. The Morgan fingerprint density at radius 3 is 2.18 bits per heavy atom. The van der Waals surface area contributed by atoms with Gasteiger partial charge >= 0.3 is 5.97 Å². The highest BCUT2D eigenvalue weighted by Gasteiger charge is 2.27. The number of halogens is 2. The number of carbonyl (C=O) groups excluding carboxylic acids is 2. The number of benzene rings is 3. The molecular weight excluding hydrogens is 527 g/mol. The molecule has 1 fully saturated rings. The molecule has 0 aliphatic carbocycles. The lowest BCUT2D eigenvalue weighted by Gasteiger charge is -2.36. The molecule has 0 bridgehead atoms. The van der Waals surface area contributed by atoms with E-state index < -0.39 is 0 Å². The average Bonchev–Trinajstić information content (AvgIpc) is 2.95. The first-order valence-electron chi connectivity index (χ1n) is 12.3. The zero-order chi connectivity index (χ0) is 27.1. The normalized spacial score (nSPS) is 14.7. The van der Waals surface area contributed by atoms with Crippen LogP contribution in [0, 0.1) is 0 Å². The minimum absolute atomic E-state index is 0.156. The van der Waals surface area contributed by atoms with E-state index >= 15 is 0 Å². The molecule has 1 aliphatic rings. The molecule has 3 aromatic carbocycles. The van der Waals surface area contributed by atoms with Crippen LogP contribution < -0.4 is 4.74 Å². The van der Waals surface area contributed by atoms with Crippen molar-refractivity contribution in [2.45, 2.75) is 12.7 Å². The number of amides is 1. The summed E-state index contributed by atoms with van der Waals surface area (Å²) in [4.78, 5) is 28.9. The van der Waals surface area contributed by atoms with Crippen LogP contribution in [0.1, 0.15) is 37.9 Å². The van der Waals surface area contributed by atoms with E-state index in [4.69, 9.17) is 37.4 Å². The molecule has 1 amide bonds. The van der Waals surface area contributed by atoms with Crippen LogP contribution in [-0.2, 0) is 16.1 Å². The van der Waals surface area contributed by atoms with E-state index in [9.17, 15) is 9.59 Å². The summed E-state index contributed by atoms with van der Waals surface area (Å²) in [5, 5.41) is 0.715. The summed E-state index contributed by atoms with van der Waals surface area (Å²) in [6.07, 6.45) is -0.231. The number of carbonyl (C=O) groups is 2. The molecule has 1 aliphatic heterocycles. The fourth-order valence-electron chi connectivity index (χ4n) is 4.38. The van der Waals surface area contributed by atoms with Crippen molar-refractivity contribution in [1.82, 2.24) is 9.80 Å². The smallest absolute Gasteiger partial charge is 0.337 e. The number of hydrogen-bond donors (Lipinski definition) is 0. The van der Waals surface area contributed by atoms with E-state index in [-0.39, 0.29) is 18.0 Å². The van der Waals surface area contributed by atoms with Crippen molar-refractivity contribution in [3.63, 3.8) is 0 Å². The van der Waals surface area contributed by atoms with Gasteiger partial charge in [0.2, 0.25) is 0 Å². The van der Waals surface area contributed by atoms with Gasteiger partial charge in [-0.05, 0) is 47.5 Å². The van der Waals surface area contributed by atoms with Crippen molar-refractivity contribution in [3.8, 4) is 5.75 Å². The monoisotopic (exact) mass is 556 g/mol. The second-order valence-electron chi connectivity index (χ2n) is 8.95. The molecule has 200 valence electrons. The molecule has 3 aromatic rings. The Hall–Kier alpha value is -3.10. The topological polar surface area (TPSA) is 68.3 Å². The number of rotatable bonds is 9. The van der Waals surface area contributed by atoms with Crippen LogP contribution in [0.5, 0.6) is 5.75 Å². The number of methoxy groups -OCH3 is 2. The molecule has 1 saturated heterocycles. The standard InChI is InChI=1S/C29H30Cl2N2O5/c1-36-23-6-3-5-22(17-23)26(38-19-20-9-11-21(12-10-20)29(35)37-2)18-32-13-15-33(16-14-32)28(34)27-24(30)7-4-8-25(27)31/h3-12,17,26H,13-16,18-19H2,1-2H3/t26-/m1/s1. The van der Waals surface area contributed by atoms with Gasteiger partial charge in [0.25, 0.3) is 5.91 Å².